The van der Waals surface area contributed by atoms with Gasteiger partial charge in [0.15, 0.2) is 0 Å². The first-order valence-corrected chi connectivity index (χ1v) is 8.07. The maximum absolute atomic E-state index is 4.15. The minimum absolute atomic E-state index is 0.262. The standard InChI is InChI=1S/C19H24N2/c1-2-18(14-15-8-9-15)21-19(16-6-4-3-5-7-16)17-10-12-20-13-11-17/h3-7,10-13,15,18-19,21H,2,8-9,14H2,1H3. The van der Waals surface area contributed by atoms with Crippen molar-refractivity contribution in [3.8, 4) is 0 Å². The van der Waals surface area contributed by atoms with Gasteiger partial charge < -0.3 is 5.32 Å². The van der Waals surface area contributed by atoms with E-state index in [1.54, 1.807) is 0 Å². The highest BCUT2D eigenvalue weighted by atomic mass is 15.0. The fraction of sp³-hybridized carbons (Fsp3) is 0.421. The quantitative estimate of drug-likeness (QED) is 0.816. The molecule has 1 fully saturated rings. The molecule has 0 bridgehead atoms. The molecule has 0 amide bonds. The van der Waals surface area contributed by atoms with Gasteiger partial charge in [0.05, 0.1) is 6.04 Å². The monoisotopic (exact) mass is 280 g/mol. The zero-order chi connectivity index (χ0) is 14.5. The predicted molar refractivity (Wildman–Crippen MR) is 87.1 cm³/mol. The lowest BCUT2D eigenvalue weighted by molar-refractivity contribution is 0.416. The van der Waals surface area contributed by atoms with E-state index in [-0.39, 0.29) is 6.04 Å². The molecule has 2 atom stereocenters. The van der Waals surface area contributed by atoms with Crippen molar-refractivity contribution in [3.63, 3.8) is 0 Å². The smallest absolute Gasteiger partial charge is 0.0579 e. The molecule has 2 unspecified atom stereocenters. The number of pyridine rings is 1. The largest absolute Gasteiger partial charge is 0.303 e. The summed E-state index contributed by atoms with van der Waals surface area (Å²) in [5.74, 6) is 0.955. The van der Waals surface area contributed by atoms with Crippen LogP contribution in [0.3, 0.4) is 0 Å². The Hall–Kier alpha value is -1.67. The summed E-state index contributed by atoms with van der Waals surface area (Å²) in [4.78, 5) is 4.15. The lowest BCUT2D eigenvalue weighted by Crippen LogP contribution is -2.33. The van der Waals surface area contributed by atoms with Crippen LogP contribution in [0.1, 0.15) is 49.8 Å². The van der Waals surface area contributed by atoms with Crippen LogP contribution < -0.4 is 5.32 Å². The third kappa shape index (κ3) is 3.92. The molecule has 0 spiro atoms. The minimum Gasteiger partial charge on any atom is -0.303 e. The number of aromatic nitrogens is 1. The van der Waals surface area contributed by atoms with Crippen molar-refractivity contribution in [1.29, 1.82) is 0 Å². The minimum atomic E-state index is 0.262. The molecule has 21 heavy (non-hydrogen) atoms. The number of nitrogens with zero attached hydrogens (tertiary/aromatic N) is 1. The highest BCUT2D eigenvalue weighted by Gasteiger charge is 2.26. The molecule has 3 rings (SSSR count). The summed E-state index contributed by atoms with van der Waals surface area (Å²) < 4.78 is 0. The Bertz CT molecular complexity index is 495. The fourth-order valence-corrected chi connectivity index (χ4v) is 2.93. The average molecular weight is 280 g/mol. The molecule has 2 heteroatoms. The van der Waals surface area contributed by atoms with E-state index >= 15 is 0 Å². The molecule has 1 heterocycles. The Morgan fingerprint density at radius 2 is 1.71 bits per heavy atom. The van der Waals surface area contributed by atoms with Crippen LogP contribution in [0.25, 0.3) is 0 Å². The maximum atomic E-state index is 4.15. The van der Waals surface area contributed by atoms with E-state index < -0.39 is 0 Å². The summed E-state index contributed by atoms with van der Waals surface area (Å²) in [7, 11) is 0. The van der Waals surface area contributed by atoms with Crippen LogP contribution in [-0.4, -0.2) is 11.0 Å². The number of benzene rings is 1. The topological polar surface area (TPSA) is 24.9 Å². The normalized spacial score (nSPS) is 17.4. The summed E-state index contributed by atoms with van der Waals surface area (Å²) in [6, 6.07) is 15.8. The van der Waals surface area contributed by atoms with Crippen molar-refractivity contribution in [3.05, 3.63) is 66.0 Å². The van der Waals surface area contributed by atoms with Crippen molar-refractivity contribution < 1.29 is 0 Å². The van der Waals surface area contributed by atoms with Gasteiger partial charge >= 0.3 is 0 Å². The number of hydrogen-bond donors (Lipinski definition) is 1. The van der Waals surface area contributed by atoms with Gasteiger partial charge in [0.25, 0.3) is 0 Å². The van der Waals surface area contributed by atoms with Crippen LogP contribution in [0.5, 0.6) is 0 Å². The van der Waals surface area contributed by atoms with Gasteiger partial charge in [-0.1, -0.05) is 50.1 Å². The van der Waals surface area contributed by atoms with Gasteiger partial charge in [-0.15, -0.1) is 0 Å². The van der Waals surface area contributed by atoms with Gasteiger partial charge in [0.1, 0.15) is 0 Å². The fourth-order valence-electron chi connectivity index (χ4n) is 2.93. The second-order valence-corrected chi connectivity index (χ2v) is 6.08. The molecule has 0 saturated heterocycles. The Balaban J connectivity index is 1.81. The van der Waals surface area contributed by atoms with Crippen molar-refractivity contribution in [2.45, 2.75) is 44.7 Å². The predicted octanol–water partition coefficient (Wildman–Crippen LogP) is 4.34. The van der Waals surface area contributed by atoms with Crippen LogP contribution in [0.2, 0.25) is 0 Å². The van der Waals surface area contributed by atoms with Crippen molar-refractivity contribution in [2.75, 3.05) is 0 Å². The van der Waals surface area contributed by atoms with Crippen LogP contribution >= 0.6 is 0 Å². The Labute approximate surface area is 127 Å². The van der Waals surface area contributed by atoms with E-state index in [0.717, 1.165) is 5.92 Å². The van der Waals surface area contributed by atoms with E-state index in [1.807, 2.05) is 12.4 Å². The van der Waals surface area contributed by atoms with E-state index in [2.05, 4.69) is 59.7 Å². The van der Waals surface area contributed by atoms with Crippen LogP contribution in [0.15, 0.2) is 54.9 Å². The van der Waals surface area contributed by atoms with Gasteiger partial charge in [0, 0.05) is 18.4 Å². The number of hydrogen-bond acceptors (Lipinski definition) is 2. The summed E-state index contributed by atoms with van der Waals surface area (Å²) in [6.07, 6.45) is 9.10. The lowest BCUT2D eigenvalue weighted by Gasteiger charge is -2.26. The second-order valence-electron chi connectivity index (χ2n) is 6.08. The second kappa shape index (κ2) is 6.86. The van der Waals surface area contributed by atoms with Gasteiger partial charge in [-0.3, -0.25) is 4.98 Å². The van der Waals surface area contributed by atoms with E-state index in [4.69, 9.17) is 0 Å². The van der Waals surface area contributed by atoms with Crippen molar-refractivity contribution in [1.82, 2.24) is 10.3 Å². The molecule has 2 nitrogen and oxygen atoms in total. The molecule has 0 aliphatic heterocycles. The Morgan fingerprint density at radius 1 is 1.05 bits per heavy atom. The zero-order valence-electron chi connectivity index (χ0n) is 12.7. The van der Waals surface area contributed by atoms with Crippen molar-refractivity contribution >= 4 is 0 Å². The van der Waals surface area contributed by atoms with Crippen LogP contribution in [-0.2, 0) is 0 Å². The molecule has 0 radical (unpaired) electrons. The molecule has 110 valence electrons. The zero-order valence-corrected chi connectivity index (χ0v) is 12.7. The molecule has 1 aliphatic carbocycles. The van der Waals surface area contributed by atoms with Gasteiger partial charge in [-0.2, -0.15) is 0 Å². The van der Waals surface area contributed by atoms with Crippen LogP contribution in [0.4, 0.5) is 0 Å². The van der Waals surface area contributed by atoms with Gasteiger partial charge in [-0.25, -0.2) is 0 Å². The first-order valence-electron chi connectivity index (χ1n) is 8.07. The van der Waals surface area contributed by atoms with Gasteiger partial charge in [-0.05, 0) is 42.0 Å². The first-order chi connectivity index (χ1) is 10.4. The molecular formula is C19H24N2. The Kier molecular flexibility index (Phi) is 4.66. The molecule has 1 N–H and O–H groups in total. The lowest BCUT2D eigenvalue weighted by atomic mass is 9.97. The molecule has 2 aromatic rings. The van der Waals surface area contributed by atoms with E-state index in [9.17, 15) is 0 Å². The Morgan fingerprint density at radius 3 is 2.33 bits per heavy atom. The highest BCUT2D eigenvalue weighted by molar-refractivity contribution is 5.30. The maximum Gasteiger partial charge on any atom is 0.0579 e. The summed E-state index contributed by atoms with van der Waals surface area (Å²) >= 11 is 0. The molecule has 1 saturated carbocycles. The first kappa shape index (κ1) is 14.3. The van der Waals surface area contributed by atoms with E-state index in [0.29, 0.717) is 6.04 Å². The summed E-state index contributed by atoms with van der Waals surface area (Å²) in [6.45, 7) is 2.29. The van der Waals surface area contributed by atoms with Crippen molar-refractivity contribution in [2.24, 2.45) is 5.92 Å². The highest BCUT2D eigenvalue weighted by Crippen LogP contribution is 2.35. The number of nitrogens with one attached hydrogen (secondary N) is 1. The molecule has 1 aromatic carbocycles. The summed E-state index contributed by atoms with van der Waals surface area (Å²) in [5.41, 5.74) is 2.63. The third-order valence-electron chi connectivity index (χ3n) is 4.38. The average Bonchev–Trinajstić information content (AvgIpc) is 3.37. The van der Waals surface area contributed by atoms with E-state index in [1.165, 1.54) is 36.8 Å². The van der Waals surface area contributed by atoms with Crippen LogP contribution in [0, 0.1) is 5.92 Å². The SMILES string of the molecule is CCC(CC1CC1)NC(c1ccccc1)c1ccncc1. The third-order valence-corrected chi connectivity index (χ3v) is 4.38. The molecule has 1 aromatic heterocycles. The number of rotatable bonds is 7. The molecule has 1 aliphatic rings. The molecular weight excluding hydrogens is 256 g/mol. The van der Waals surface area contributed by atoms with Gasteiger partial charge in [0.2, 0.25) is 0 Å². The summed E-state index contributed by atoms with van der Waals surface area (Å²) in [5, 5.41) is 3.88.